The molecule has 4 aromatic rings. The van der Waals surface area contributed by atoms with Gasteiger partial charge >= 0.3 is 5.69 Å². The number of nitrogens with one attached hydrogen (secondary N) is 2. The zero-order chi connectivity index (χ0) is 25.9. The molecule has 1 saturated carbocycles. The zero-order valence-corrected chi connectivity index (χ0v) is 20.3. The maximum absolute atomic E-state index is 13.5. The highest BCUT2D eigenvalue weighted by molar-refractivity contribution is 5.91. The molecule has 37 heavy (non-hydrogen) atoms. The van der Waals surface area contributed by atoms with E-state index < -0.39 is 17.2 Å². The van der Waals surface area contributed by atoms with E-state index in [2.05, 4.69) is 10.6 Å². The standard InChI is InChI=1S/C28H26N4O5/c1-37-22-14-10-20(11-15-22)30-26(34)17-31-24-5-3-2-4-23(24)27(35)32(28(31)36)21-12-6-18(7-13-21)16-25(33)29-19-8-9-19/h2-7,10-15,19H,8-9,16-17H2,1H3,(H,29,33)(H,30,34). The van der Waals surface area contributed by atoms with Gasteiger partial charge in [-0.2, -0.15) is 0 Å². The molecule has 1 fully saturated rings. The maximum atomic E-state index is 13.5. The molecule has 0 atom stereocenters. The third kappa shape index (κ3) is 5.30. The van der Waals surface area contributed by atoms with Crippen LogP contribution < -0.4 is 26.6 Å². The summed E-state index contributed by atoms with van der Waals surface area (Å²) in [6.07, 6.45) is 2.25. The van der Waals surface area contributed by atoms with Crippen molar-refractivity contribution in [3.05, 3.63) is 99.2 Å². The molecule has 9 nitrogen and oxygen atoms in total. The molecule has 0 bridgehead atoms. The van der Waals surface area contributed by atoms with Gasteiger partial charge in [-0.1, -0.05) is 24.3 Å². The number of ether oxygens (including phenoxy) is 1. The summed E-state index contributed by atoms with van der Waals surface area (Å²) < 4.78 is 7.47. The fourth-order valence-corrected chi connectivity index (χ4v) is 4.17. The Labute approximate surface area is 212 Å². The van der Waals surface area contributed by atoms with E-state index in [9.17, 15) is 19.2 Å². The number of hydrogen-bond donors (Lipinski definition) is 2. The Morgan fingerprint density at radius 3 is 2.30 bits per heavy atom. The molecule has 0 radical (unpaired) electrons. The van der Waals surface area contributed by atoms with E-state index in [1.54, 1.807) is 79.9 Å². The van der Waals surface area contributed by atoms with Crippen molar-refractivity contribution in [1.29, 1.82) is 0 Å². The van der Waals surface area contributed by atoms with Crippen LogP contribution in [0.15, 0.2) is 82.4 Å². The number of benzene rings is 3. The summed E-state index contributed by atoms with van der Waals surface area (Å²) in [6, 6.07) is 20.5. The smallest absolute Gasteiger partial charge is 0.336 e. The minimum Gasteiger partial charge on any atom is -0.497 e. The van der Waals surface area contributed by atoms with Crippen LogP contribution in [0.5, 0.6) is 5.75 Å². The van der Waals surface area contributed by atoms with Gasteiger partial charge in [-0.25, -0.2) is 9.36 Å². The Balaban J connectivity index is 1.45. The van der Waals surface area contributed by atoms with Crippen molar-refractivity contribution in [2.75, 3.05) is 12.4 Å². The summed E-state index contributed by atoms with van der Waals surface area (Å²) in [6.45, 7) is -0.287. The molecule has 1 heterocycles. The number of amides is 2. The lowest BCUT2D eigenvalue weighted by atomic mass is 10.1. The van der Waals surface area contributed by atoms with Crippen molar-refractivity contribution in [1.82, 2.24) is 14.5 Å². The number of aromatic nitrogens is 2. The van der Waals surface area contributed by atoms with Crippen LogP contribution in [0.4, 0.5) is 5.69 Å². The van der Waals surface area contributed by atoms with Gasteiger partial charge in [-0.05, 0) is 66.9 Å². The summed E-state index contributed by atoms with van der Waals surface area (Å²) in [5.74, 6) is 0.185. The fraction of sp³-hybridized carbons (Fsp3) is 0.214. The van der Waals surface area contributed by atoms with Crippen LogP contribution in [-0.4, -0.2) is 34.1 Å². The van der Waals surface area contributed by atoms with Gasteiger partial charge in [-0.3, -0.25) is 19.0 Å². The number of hydrogen-bond acceptors (Lipinski definition) is 5. The predicted octanol–water partition coefficient (Wildman–Crippen LogP) is 2.62. The van der Waals surface area contributed by atoms with E-state index in [4.69, 9.17) is 4.74 Å². The topological polar surface area (TPSA) is 111 Å². The molecule has 5 rings (SSSR count). The fourth-order valence-electron chi connectivity index (χ4n) is 4.17. The largest absolute Gasteiger partial charge is 0.497 e. The SMILES string of the molecule is COc1ccc(NC(=O)Cn2c(=O)n(-c3ccc(CC(=O)NC4CC4)cc3)c(=O)c3ccccc32)cc1. The molecule has 2 amide bonds. The lowest BCUT2D eigenvalue weighted by Gasteiger charge is -2.14. The average molecular weight is 499 g/mol. The Morgan fingerprint density at radius 2 is 1.62 bits per heavy atom. The molecule has 1 aliphatic rings. The lowest BCUT2D eigenvalue weighted by Crippen LogP contribution is -2.40. The van der Waals surface area contributed by atoms with Gasteiger partial charge in [0, 0.05) is 11.7 Å². The Morgan fingerprint density at radius 1 is 0.919 bits per heavy atom. The molecule has 3 aromatic carbocycles. The molecule has 9 heteroatoms. The van der Waals surface area contributed by atoms with Crippen LogP contribution >= 0.6 is 0 Å². The van der Waals surface area contributed by atoms with Gasteiger partial charge in [0.05, 0.1) is 30.1 Å². The van der Waals surface area contributed by atoms with Crippen molar-refractivity contribution < 1.29 is 14.3 Å². The summed E-state index contributed by atoms with van der Waals surface area (Å²) >= 11 is 0. The second-order valence-electron chi connectivity index (χ2n) is 8.99. The van der Waals surface area contributed by atoms with E-state index in [1.807, 2.05) is 0 Å². The first kappa shape index (κ1) is 24.1. The van der Waals surface area contributed by atoms with Crippen molar-refractivity contribution in [2.45, 2.75) is 31.8 Å². The summed E-state index contributed by atoms with van der Waals surface area (Å²) in [4.78, 5) is 51.8. The number of methoxy groups -OCH3 is 1. The van der Waals surface area contributed by atoms with E-state index in [0.29, 0.717) is 28.0 Å². The number of carbonyl (C=O) groups is 2. The maximum Gasteiger partial charge on any atom is 0.336 e. The third-order valence-electron chi connectivity index (χ3n) is 6.23. The van der Waals surface area contributed by atoms with Gasteiger partial charge in [-0.15, -0.1) is 0 Å². The number of carbonyl (C=O) groups excluding carboxylic acids is 2. The Bertz CT molecular complexity index is 1580. The number of anilines is 1. The van der Waals surface area contributed by atoms with Gasteiger partial charge in [0.25, 0.3) is 5.56 Å². The number of para-hydroxylation sites is 1. The Kier molecular flexibility index (Phi) is 6.59. The van der Waals surface area contributed by atoms with Crippen LogP contribution in [0.1, 0.15) is 18.4 Å². The molecule has 0 aliphatic heterocycles. The van der Waals surface area contributed by atoms with Gasteiger partial charge < -0.3 is 15.4 Å². The first-order chi connectivity index (χ1) is 17.9. The second-order valence-corrected chi connectivity index (χ2v) is 8.99. The van der Waals surface area contributed by atoms with E-state index in [-0.39, 0.29) is 24.9 Å². The van der Waals surface area contributed by atoms with Gasteiger partial charge in [0.1, 0.15) is 12.3 Å². The molecule has 1 aliphatic carbocycles. The average Bonchev–Trinajstić information content (AvgIpc) is 3.72. The van der Waals surface area contributed by atoms with E-state index >= 15 is 0 Å². The molecule has 2 N–H and O–H groups in total. The van der Waals surface area contributed by atoms with Crippen LogP contribution in [0.25, 0.3) is 16.6 Å². The van der Waals surface area contributed by atoms with E-state index in [0.717, 1.165) is 23.0 Å². The second kappa shape index (κ2) is 10.1. The van der Waals surface area contributed by atoms with Gasteiger partial charge in [0.2, 0.25) is 11.8 Å². The number of rotatable bonds is 8. The van der Waals surface area contributed by atoms with Crippen LogP contribution in [0.2, 0.25) is 0 Å². The third-order valence-corrected chi connectivity index (χ3v) is 6.23. The summed E-state index contributed by atoms with van der Waals surface area (Å²) in [5.41, 5.74) is 0.940. The predicted molar refractivity (Wildman–Crippen MR) is 140 cm³/mol. The quantitative estimate of drug-likeness (QED) is 0.388. The van der Waals surface area contributed by atoms with Crippen molar-refractivity contribution in [2.24, 2.45) is 0 Å². The molecular weight excluding hydrogens is 472 g/mol. The number of fused-ring (bicyclic) bond motifs is 1. The minimum atomic E-state index is -0.632. The summed E-state index contributed by atoms with van der Waals surface area (Å²) in [7, 11) is 1.56. The highest BCUT2D eigenvalue weighted by atomic mass is 16.5. The monoisotopic (exact) mass is 498 g/mol. The van der Waals surface area contributed by atoms with Gasteiger partial charge in [0.15, 0.2) is 0 Å². The first-order valence-electron chi connectivity index (χ1n) is 12.0. The lowest BCUT2D eigenvalue weighted by molar-refractivity contribution is -0.120. The molecule has 1 aromatic heterocycles. The Hall–Kier alpha value is -4.66. The normalized spacial score (nSPS) is 12.8. The van der Waals surface area contributed by atoms with Crippen molar-refractivity contribution in [3.8, 4) is 11.4 Å². The minimum absolute atomic E-state index is 0.0525. The number of nitrogens with zero attached hydrogens (tertiary/aromatic N) is 2. The zero-order valence-electron chi connectivity index (χ0n) is 20.3. The molecule has 0 spiro atoms. The highest BCUT2D eigenvalue weighted by Gasteiger charge is 2.23. The molecule has 0 unspecified atom stereocenters. The van der Waals surface area contributed by atoms with Crippen molar-refractivity contribution in [3.63, 3.8) is 0 Å². The molecule has 188 valence electrons. The van der Waals surface area contributed by atoms with Crippen LogP contribution in [0.3, 0.4) is 0 Å². The first-order valence-corrected chi connectivity index (χ1v) is 12.0. The van der Waals surface area contributed by atoms with Crippen LogP contribution in [0, 0.1) is 0 Å². The van der Waals surface area contributed by atoms with E-state index in [1.165, 1.54) is 4.57 Å². The summed E-state index contributed by atoms with van der Waals surface area (Å²) in [5, 5.41) is 6.03. The molecular formula is C28H26N4O5. The molecule has 0 saturated heterocycles. The van der Waals surface area contributed by atoms with Crippen LogP contribution in [-0.2, 0) is 22.6 Å². The van der Waals surface area contributed by atoms with Crippen molar-refractivity contribution >= 4 is 28.4 Å². The highest BCUT2D eigenvalue weighted by Crippen LogP contribution is 2.19.